The zero-order chi connectivity index (χ0) is 20.4. The molecule has 0 aromatic heterocycles. The minimum atomic E-state index is -0.217. The Morgan fingerprint density at radius 2 is 1.82 bits per heavy atom. The summed E-state index contributed by atoms with van der Waals surface area (Å²) in [5, 5.41) is 8.41. The van der Waals surface area contributed by atoms with Crippen molar-refractivity contribution >= 4 is 23.4 Å². The van der Waals surface area contributed by atoms with Crippen molar-refractivity contribution in [2.45, 2.75) is 65.3 Å². The molecule has 0 heterocycles. The first-order valence-electron chi connectivity index (χ1n) is 10.4. The molecule has 0 radical (unpaired) electrons. The SMILES string of the molecule is CCC(C)C(=O)Nc1cccc(CNC(=O)CNC(=O)CC2CCCCC2)c1. The number of benzene rings is 1. The van der Waals surface area contributed by atoms with Crippen molar-refractivity contribution in [2.24, 2.45) is 11.8 Å². The van der Waals surface area contributed by atoms with Gasteiger partial charge in [0, 0.05) is 24.6 Å². The highest BCUT2D eigenvalue weighted by atomic mass is 16.2. The fraction of sp³-hybridized carbons (Fsp3) is 0.591. The van der Waals surface area contributed by atoms with E-state index in [4.69, 9.17) is 0 Å². The van der Waals surface area contributed by atoms with E-state index in [9.17, 15) is 14.4 Å². The summed E-state index contributed by atoms with van der Waals surface area (Å²) in [5.41, 5.74) is 1.61. The van der Waals surface area contributed by atoms with Crippen molar-refractivity contribution in [1.29, 1.82) is 0 Å². The van der Waals surface area contributed by atoms with Gasteiger partial charge in [0.25, 0.3) is 0 Å². The zero-order valence-corrected chi connectivity index (χ0v) is 17.1. The molecule has 1 aromatic carbocycles. The summed E-state index contributed by atoms with van der Waals surface area (Å²) >= 11 is 0. The highest BCUT2D eigenvalue weighted by Crippen LogP contribution is 2.25. The Hall–Kier alpha value is -2.37. The van der Waals surface area contributed by atoms with Gasteiger partial charge in [-0.2, -0.15) is 0 Å². The largest absolute Gasteiger partial charge is 0.350 e. The van der Waals surface area contributed by atoms with Crippen LogP contribution in [0.1, 0.15) is 64.4 Å². The first kappa shape index (κ1) is 21.9. The van der Waals surface area contributed by atoms with Gasteiger partial charge < -0.3 is 16.0 Å². The Bertz CT molecular complexity index is 669. The molecular weight excluding hydrogens is 354 g/mol. The van der Waals surface area contributed by atoms with Crippen LogP contribution in [0.25, 0.3) is 0 Å². The molecule has 1 aromatic rings. The van der Waals surface area contributed by atoms with Gasteiger partial charge in [-0.1, -0.05) is 45.2 Å². The van der Waals surface area contributed by atoms with Crippen LogP contribution >= 0.6 is 0 Å². The average molecular weight is 388 g/mol. The molecule has 0 saturated heterocycles. The van der Waals surface area contributed by atoms with E-state index in [0.29, 0.717) is 18.9 Å². The number of hydrogen-bond acceptors (Lipinski definition) is 3. The monoisotopic (exact) mass is 387 g/mol. The third-order valence-corrected chi connectivity index (χ3v) is 5.39. The van der Waals surface area contributed by atoms with Gasteiger partial charge >= 0.3 is 0 Å². The number of amides is 3. The third kappa shape index (κ3) is 7.71. The van der Waals surface area contributed by atoms with Crippen molar-refractivity contribution in [3.63, 3.8) is 0 Å². The van der Waals surface area contributed by atoms with Gasteiger partial charge in [0.1, 0.15) is 0 Å². The standard InChI is InChI=1S/C22H33N3O3/c1-3-16(2)22(28)25-19-11-7-10-18(12-19)14-23-21(27)15-24-20(26)13-17-8-5-4-6-9-17/h7,10-12,16-17H,3-6,8-9,13-15H2,1-2H3,(H,23,27)(H,24,26)(H,25,28). The highest BCUT2D eigenvalue weighted by molar-refractivity contribution is 5.92. The molecule has 3 amide bonds. The number of anilines is 1. The Labute approximate surface area is 167 Å². The summed E-state index contributed by atoms with van der Waals surface area (Å²) in [5.74, 6) is 0.151. The van der Waals surface area contributed by atoms with E-state index in [-0.39, 0.29) is 30.2 Å². The Kier molecular flexibility index (Phi) is 8.98. The maximum Gasteiger partial charge on any atom is 0.239 e. The number of hydrogen-bond donors (Lipinski definition) is 3. The minimum Gasteiger partial charge on any atom is -0.350 e. The lowest BCUT2D eigenvalue weighted by Gasteiger charge is -2.20. The predicted molar refractivity (Wildman–Crippen MR) is 111 cm³/mol. The number of rotatable bonds is 9. The summed E-state index contributed by atoms with van der Waals surface area (Å²) in [6, 6.07) is 7.42. The van der Waals surface area contributed by atoms with Crippen LogP contribution in [0.15, 0.2) is 24.3 Å². The van der Waals surface area contributed by atoms with Gasteiger partial charge in [-0.05, 0) is 42.9 Å². The first-order chi connectivity index (χ1) is 13.5. The van der Waals surface area contributed by atoms with Gasteiger partial charge in [-0.15, -0.1) is 0 Å². The van der Waals surface area contributed by atoms with Crippen LogP contribution in [-0.2, 0) is 20.9 Å². The molecule has 0 aliphatic heterocycles. The van der Waals surface area contributed by atoms with Crippen LogP contribution in [0.2, 0.25) is 0 Å². The molecule has 1 atom stereocenters. The Balaban J connectivity index is 1.71. The maximum atomic E-state index is 12.0. The normalized spacial score (nSPS) is 15.5. The zero-order valence-electron chi connectivity index (χ0n) is 17.1. The minimum absolute atomic E-state index is 0.00397. The molecule has 6 heteroatoms. The van der Waals surface area contributed by atoms with E-state index >= 15 is 0 Å². The average Bonchev–Trinajstić information content (AvgIpc) is 2.71. The van der Waals surface area contributed by atoms with E-state index < -0.39 is 0 Å². The van der Waals surface area contributed by atoms with E-state index in [1.165, 1.54) is 19.3 Å². The summed E-state index contributed by atoms with van der Waals surface area (Å²) in [7, 11) is 0. The fourth-order valence-electron chi connectivity index (χ4n) is 3.38. The van der Waals surface area contributed by atoms with Crippen LogP contribution in [0, 0.1) is 11.8 Å². The molecule has 28 heavy (non-hydrogen) atoms. The molecule has 6 nitrogen and oxygen atoms in total. The second-order valence-corrected chi connectivity index (χ2v) is 7.76. The van der Waals surface area contributed by atoms with Crippen LogP contribution < -0.4 is 16.0 Å². The number of nitrogens with one attached hydrogen (secondary N) is 3. The van der Waals surface area contributed by atoms with Crippen molar-refractivity contribution in [1.82, 2.24) is 10.6 Å². The van der Waals surface area contributed by atoms with Crippen LogP contribution in [0.4, 0.5) is 5.69 Å². The Morgan fingerprint density at radius 3 is 2.54 bits per heavy atom. The topological polar surface area (TPSA) is 87.3 Å². The highest BCUT2D eigenvalue weighted by Gasteiger charge is 2.17. The lowest BCUT2D eigenvalue weighted by atomic mass is 9.87. The molecule has 2 rings (SSSR count). The van der Waals surface area contributed by atoms with Gasteiger partial charge in [-0.25, -0.2) is 0 Å². The molecule has 1 aliphatic rings. The van der Waals surface area contributed by atoms with E-state index in [1.54, 1.807) is 0 Å². The molecule has 154 valence electrons. The third-order valence-electron chi connectivity index (χ3n) is 5.39. The molecule has 1 fully saturated rings. The van der Waals surface area contributed by atoms with Crippen LogP contribution in [-0.4, -0.2) is 24.3 Å². The predicted octanol–water partition coefficient (Wildman–Crippen LogP) is 3.37. The second-order valence-electron chi connectivity index (χ2n) is 7.76. The molecular formula is C22H33N3O3. The van der Waals surface area contributed by atoms with E-state index in [0.717, 1.165) is 30.5 Å². The number of carbonyl (C=O) groups is 3. The van der Waals surface area contributed by atoms with Gasteiger partial charge in [0.15, 0.2) is 0 Å². The van der Waals surface area contributed by atoms with Gasteiger partial charge in [0.05, 0.1) is 6.54 Å². The molecule has 1 aliphatic carbocycles. The molecule has 0 bridgehead atoms. The number of carbonyl (C=O) groups excluding carboxylic acids is 3. The maximum absolute atomic E-state index is 12.0. The molecule has 3 N–H and O–H groups in total. The van der Waals surface area contributed by atoms with E-state index in [1.807, 2.05) is 38.1 Å². The quantitative estimate of drug-likeness (QED) is 0.607. The smallest absolute Gasteiger partial charge is 0.239 e. The van der Waals surface area contributed by atoms with Crippen molar-refractivity contribution in [2.75, 3.05) is 11.9 Å². The second kappa shape index (κ2) is 11.5. The van der Waals surface area contributed by atoms with Gasteiger partial charge in [-0.3, -0.25) is 14.4 Å². The molecule has 1 unspecified atom stereocenters. The van der Waals surface area contributed by atoms with Gasteiger partial charge in [0.2, 0.25) is 17.7 Å². The molecule has 1 saturated carbocycles. The Morgan fingerprint density at radius 1 is 1.07 bits per heavy atom. The lowest BCUT2D eigenvalue weighted by Crippen LogP contribution is -2.37. The fourth-order valence-corrected chi connectivity index (χ4v) is 3.38. The van der Waals surface area contributed by atoms with Crippen molar-refractivity contribution in [3.8, 4) is 0 Å². The van der Waals surface area contributed by atoms with Crippen LogP contribution in [0.5, 0.6) is 0 Å². The lowest BCUT2D eigenvalue weighted by molar-refractivity contribution is -0.126. The summed E-state index contributed by atoms with van der Waals surface area (Å²) in [6.45, 7) is 4.21. The van der Waals surface area contributed by atoms with Crippen LogP contribution in [0.3, 0.4) is 0 Å². The summed E-state index contributed by atoms with van der Waals surface area (Å²) < 4.78 is 0. The summed E-state index contributed by atoms with van der Waals surface area (Å²) in [6.07, 6.45) is 7.21. The van der Waals surface area contributed by atoms with Crippen molar-refractivity contribution < 1.29 is 14.4 Å². The summed E-state index contributed by atoms with van der Waals surface area (Å²) in [4.78, 5) is 36.0. The first-order valence-corrected chi connectivity index (χ1v) is 10.4. The van der Waals surface area contributed by atoms with Crippen molar-refractivity contribution in [3.05, 3.63) is 29.8 Å². The molecule has 0 spiro atoms. The van der Waals surface area contributed by atoms with E-state index in [2.05, 4.69) is 16.0 Å².